The summed E-state index contributed by atoms with van der Waals surface area (Å²) in [6.07, 6.45) is 0. The molecule has 0 radical (unpaired) electrons. The molecule has 0 bridgehead atoms. The van der Waals surface area contributed by atoms with Gasteiger partial charge in [0, 0.05) is 0 Å². The van der Waals surface area contributed by atoms with Crippen LogP contribution in [0.5, 0.6) is 0 Å². The van der Waals surface area contributed by atoms with Gasteiger partial charge in [-0.1, -0.05) is 0 Å². The van der Waals surface area contributed by atoms with Crippen LogP contribution in [0.4, 0.5) is 0 Å². The van der Waals surface area contributed by atoms with Gasteiger partial charge in [0.15, 0.2) is 0 Å². The first-order valence-corrected chi connectivity index (χ1v) is 16.3. The number of benzene rings is 6. The van der Waals surface area contributed by atoms with E-state index in [0.29, 0.717) is 0 Å². The van der Waals surface area contributed by atoms with E-state index in [2.05, 4.69) is 182 Å². The molecule has 0 fully saturated rings. The van der Waals surface area contributed by atoms with Gasteiger partial charge in [0.2, 0.25) is 0 Å². The van der Waals surface area contributed by atoms with Crippen molar-refractivity contribution in [3.8, 4) is 0 Å². The van der Waals surface area contributed by atoms with Gasteiger partial charge in [0.25, 0.3) is 0 Å². The Kier molecular flexibility index (Phi) is 10.5. The molecule has 0 aliphatic heterocycles. The maximum atomic E-state index is 2.34. The molecule has 6 aromatic carbocycles. The maximum absolute atomic E-state index is 2.34. The molecule has 0 unspecified atom stereocenters. The minimum absolute atomic E-state index is 0. The zero-order valence-electron chi connectivity index (χ0n) is 22.6. The molecule has 0 nitrogen and oxygen atoms in total. The first kappa shape index (κ1) is 30.7. The summed E-state index contributed by atoms with van der Waals surface area (Å²) >= 11 is -1.61. The van der Waals surface area contributed by atoms with Crippen molar-refractivity contribution in [2.24, 2.45) is 0 Å². The van der Waals surface area contributed by atoms with Crippen LogP contribution in [0.15, 0.2) is 182 Å². The van der Waals surface area contributed by atoms with Crippen LogP contribution in [-0.4, -0.2) is 21.1 Å². The van der Waals surface area contributed by atoms with Crippen molar-refractivity contribution >= 4 is 21.1 Å². The van der Waals surface area contributed by atoms with Gasteiger partial charge in [-0.3, -0.25) is 0 Å². The minimum atomic E-state index is -1.61. The monoisotopic (exact) mass is 676 g/mol. The molecular formula is C38H30Cl2Sn. The van der Waals surface area contributed by atoms with Gasteiger partial charge in [-0.05, 0) is 0 Å². The van der Waals surface area contributed by atoms with Crippen LogP contribution in [0.1, 0.15) is 33.4 Å². The molecule has 6 rings (SSSR count). The summed E-state index contributed by atoms with van der Waals surface area (Å²) in [5.74, 6) is 0. The van der Waals surface area contributed by atoms with Crippen LogP contribution in [0.2, 0.25) is 0 Å². The molecule has 0 saturated heterocycles. The summed E-state index contributed by atoms with van der Waals surface area (Å²) in [5, 5.41) is 0. The summed E-state index contributed by atoms with van der Waals surface area (Å²) < 4.78 is -0.511. The van der Waals surface area contributed by atoms with E-state index in [-0.39, 0.29) is 31.7 Å². The summed E-state index contributed by atoms with van der Waals surface area (Å²) in [5.41, 5.74) is 8.17. The van der Waals surface area contributed by atoms with E-state index < -0.39 is 21.1 Å². The quantitative estimate of drug-likeness (QED) is 0.172. The van der Waals surface area contributed by atoms with Crippen LogP contribution in [0.25, 0.3) is 0 Å². The van der Waals surface area contributed by atoms with Gasteiger partial charge in [0.05, 0.1) is 0 Å². The second-order valence-electron chi connectivity index (χ2n) is 9.82. The van der Waals surface area contributed by atoms with Crippen molar-refractivity contribution < 1.29 is 24.8 Å². The Morgan fingerprint density at radius 2 is 0.390 bits per heavy atom. The summed E-state index contributed by atoms with van der Waals surface area (Å²) in [6, 6.07) is 67.3. The molecular weight excluding hydrogens is 646 g/mol. The third-order valence-corrected chi connectivity index (χ3v) is 14.7. The first-order chi connectivity index (χ1) is 19.3. The van der Waals surface area contributed by atoms with Crippen molar-refractivity contribution in [2.45, 2.75) is 6.86 Å². The number of hydrogen-bond donors (Lipinski definition) is 0. The fourth-order valence-corrected chi connectivity index (χ4v) is 12.8. The van der Waals surface area contributed by atoms with Crippen LogP contribution < -0.4 is 24.8 Å². The van der Waals surface area contributed by atoms with Crippen molar-refractivity contribution in [1.29, 1.82) is 0 Å². The molecule has 6 aromatic rings. The summed E-state index contributed by atoms with van der Waals surface area (Å²) in [7, 11) is 0. The molecule has 41 heavy (non-hydrogen) atoms. The van der Waals surface area contributed by atoms with E-state index in [9.17, 15) is 0 Å². The Balaban J connectivity index is 0.00000194. The molecule has 0 amide bonds. The van der Waals surface area contributed by atoms with E-state index in [1.165, 1.54) is 33.4 Å². The molecule has 0 spiro atoms. The Morgan fingerprint density at radius 3 is 0.537 bits per heavy atom. The van der Waals surface area contributed by atoms with Gasteiger partial charge >= 0.3 is 243 Å². The molecule has 0 aromatic heterocycles. The van der Waals surface area contributed by atoms with Gasteiger partial charge < -0.3 is 24.8 Å². The SMILES string of the molecule is [Cl-].[Cl-].c1ccc([C]([Sn+2][C](c2ccccc2)(c2ccccc2)c2ccccc2)(c2ccccc2)c2ccccc2)cc1. The summed E-state index contributed by atoms with van der Waals surface area (Å²) in [4.78, 5) is 0. The predicted molar refractivity (Wildman–Crippen MR) is 164 cm³/mol. The molecule has 0 aliphatic carbocycles. The Bertz CT molecular complexity index is 1270. The standard InChI is InChI=1S/2C19H15.2ClH.Sn/c2*1-4-10-16(11-5-1)19(17-12-6-2-7-13-17)18-14-8-3-9-15-18;;;/h2*1-15H;2*1H;/q;;;;+2/p-2. The Labute approximate surface area is 266 Å². The van der Waals surface area contributed by atoms with Crippen molar-refractivity contribution in [3.63, 3.8) is 0 Å². The third kappa shape index (κ3) is 5.88. The van der Waals surface area contributed by atoms with Crippen LogP contribution in [0, 0.1) is 0 Å². The average Bonchev–Trinajstić information content (AvgIpc) is 3.04. The third-order valence-electron chi connectivity index (χ3n) is 7.62. The molecule has 0 N–H and O–H groups in total. The second-order valence-corrected chi connectivity index (χ2v) is 14.8. The molecule has 0 heterocycles. The van der Waals surface area contributed by atoms with E-state index in [0.717, 1.165) is 0 Å². The topological polar surface area (TPSA) is 0 Å². The van der Waals surface area contributed by atoms with Crippen molar-refractivity contribution in [2.75, 3.05) is 0 Å². The summed E-state index contributed by atoms with van der Waals surface area (Å²) in [6.45, 7) is 0. The Morgan fingerprint density at radius 1 is 0.244 bits per heavy atom. The zero-order chi connectivity index (χ0) is 26.4. The molecule has 0 atom stereocenters. The normalized spacial score (nSPS) is 10.9. The van der Waals surface area contributed by atoms with Crippen LogP contribution >= 0.6 is 0 Å². The second kappa shape index (κ2) is 14.0. The van der Waals surface area contributed by atoms with Crippen molar-refractivity contribution in [3.05, 3.63) is 215 Å². The predicted octanol–water partition coefficient (Wildman–Crippen LogP) is 2.68. The Hall–Kier alpha value is -3.30. The van der Waals surface area contributed by atoms with E-state index in [1.54, 1.807) is 0 Å². The first-order valence-electron chi connectivity index (χ1n) is 13.5. The number of rotatable bonds is 8. The van der Waals surface area contributed by atoms with E-state index in [4.69, 9.17) is 0 Å². The van der Waals surface area contributed by atoms with E-state index >= 15 is 0 Å². The molecule has 0 aliphatic rings. The van der Waals surface area contributed by atoms with Gasteiger partial charge in [-0.2, -0.15) is 0 Å². The van der Waals surface area contributed by atoms with Crippen molar-refractivity contribution in [1.82, 2.24) is 0 Å². The average molecular weight is 676 g/mol. The molecule has 3 heteroatoms. The fourth-order valence-electron chi connectivity index (χ4n) is 5.84. The molecule has 0 saturated carbocycles. The van der Waals surface area contributed by atoms with Gasteiger partial charge in [0.1, 0.15) is 0 Å². The zero-order valence-corrected chi connectivity index (χ0v) is 26.9. The van der Waals surface area contributed by atoms with Gasteiger partial charge in [-0.25, -0.2) is 0 Å². The molecule has 200 valence electrons. The fraction of sp³-hybridized carbons (Fsp3) is 0.0526. The van der Waals surface area contributed by atoms with Gasteiger partial charge in [-0.15, -0.1) is 0 Å². The van der Waals surface area contributed by atoms with E-state index in [1.807, 2.05) is 0 Å². The number of halogens is 2. The van der Waals surface area contributed by atoms with Crippen LogP contribution in [0.3, 0.4) is 0 Å². The number of hydrogen-bond acceptors (Lipinski definition) is 0. The van der Waals surface area contributed by atoms with Crippen LogP contribution in [-0.2, 0) is 6.86 Å².